The number of halogens is 1. The highest BCUT2D eigenvalue weighted by Gasteiger charge is 2.23. The first-order valence-corrected chi connectivity index (χ1v) is 8.08. The molecule has 4 nitrogen and oxygen atoms in total. The molecule has 1 saturated heterocycles. The van der Waals surface area contributed by atoms with Crippen LogP contribution in [-0.2, 0) is 15.6 Å². The molecule has 1 aromatic rings. The van der Waals surface area contributed by atoms with Crippen molar-refractivity contribution in [3.8, 4) is 0 Å². The number of aromatic nitrogens is 1. The summed E-state index contributed by atoms with van der Waals surface area (Å²) in [4.78, 5) is 4.56. The molecule has 7 heteroatoms. The summed E-state index contributed by atoms with van der Waals surface area (Å²) in [6.45, 7) is 1.73. The van der Waals surface area contributed by atoms with Crippen LogP contribution < -0.4 is 5.32 Å². The molecule has 1 aromatic heterocycles. The Morgan fingerprint density at radius 2 is 2.44 bits per heavy atom. The second-order valence-corrected chi connectivity index (χ2v) is 7.80. The van der Waals surface area contributed by atoms with E-state index in [1.54, 1.807) is 0 Å². The standard InChI is InChI=1S/C9H13ClN2O2S2/c10-9-12-4-8(15-9)6-16(13,14)5-7-1-2-11-3-7/h4,7,11H,1-3,5-6H2. The van der Waals surface area contributed by atoms with E-state index in [0.717, 1.165) is 24.4 Å². The van der Waals surface area contributed by atoms with Gasteiger partial charge in [0.15, 0.2) is 14.3 Å². The fourth-order valence-electron chi connectivity index (χ4n) is 1.84. The van der Waals surface area contributed by atoms with E-state index in [0.29, 0.717) is 4.47 Å². The quantitative estimate of drug-likeness (QED) is 0.904. The van der Waals surface area contributed by atoms with Crippen molar-refractivity contribution in [2.75, 3.05) is 18.8 Å². The van der Waals surface area contributed by atoms with Crippen molar-refractivity contribution in [3.63, 3.8) is 0 Å². The molecule has 1 fully saturated rings. The predicted molar refractivity (Wildman–Crippen MR) is 65.6 cm³/mol. The van der Waals surface area contributed by atoms with Crippen LogP contribution in [0.2, 0.25) is 4.47 Å². The molecule has 0 aliphatic carbocycles. The molecule has 1 atom stereocenters. The number of rotatable bonds is 4. The van der Waals surface area contributed by atoms with Gasteiger partial charge in [-0.05, 0) is 25.4 Å². The van der Waals surface area contributed by atoms with Gasteiger partial charge < -0.3 is 5.32 Å². The van der Waals surface area contributed by atoms with Crippen molar-refractivity contribution in [1.29, 1.82) is 0 Å². The van der Waals surface area contributed by atoms with Gasteiger partial charge in [-0.2, -0.15) is 0 Å². The number of nitrogens with one attached hydrogen (secondary N) is 1. The molecule has 0 amide bonds. The zero-order valence-electron chi connectivity index (χ0n) is 8.65. The lowest BCUT2D eigenvalue weighted by atomic mass is 10.2. The summed E-state index contributed by atoms with van der Waals surface area (Å²) in [6, 6.07) is 0. The Kier molecular flexibility index (Phi) is 3.84. The molecule has 0 radical (unpaired) electrons. The van der Waals surface area contributed by atoms with Gasteiger partial charge in [0.1, 0.15) is 0 Å². The maximum atomic E-state index is 11.9. The summed E-state index contributed by atoms with van der Waals surface area (Å²) in [5, 5.41) is 3.17. The van der Waals surface area contributed by atoms with Crippen LogP contribution in [0.5, 0.6) is 0 Å². The van der Waals surface area contributed by atoms with Crippen LogP contribution >= 0.6 is 22.9 Å². The second kappa shape index (κ2) is 5.00. The van der Waals surface area contributed by atoms with Gasteiger partial charge in [-0.3, -0.25) is 0 Å². The van der Waals surface area contributed by atoms with Gasteiger partial charge in [0.05, 0.1) is 11.5 Å². The molecule has 1 aliphatic rings. The molecule has 1 aliphatic heterocycles. The number of thiazole rings is 1. The number of nitrogens with zero attached hydrogens (tertiary/aromatic N) is 1. The fourth-order valence-corrected chi connectivity index (χ4v) is 5.02. The van der Waals surface area contributed by atoms with Gasteiger partial charge in [-0.1, -0.05) is 11.6 Å². The average molecular weight is 281 g/mol. The molecule has 2 rings (SSSR count). The van der Waals surface area contributed by atoms with E-state index in [-0.39, 0.29) is 17.4 Å². The lowest BCUT2D eigenvalue weighted by Gasteiger charge is -2.07. The second-order valence-electron chi connectivity index (χ2n) is 3.99. The summed E-state index contributed by atoms with van der Waals surface area (Å²) in [7, 11) is -3.03. The van der Waals surface area contributed by atoms with Gasteiger partial charge >= 0.3 is 0 Å². The Morgan fingerprint density at radius 1 is 1.62 bits per heavy atom. The highest BCUT2D eigenvalue weighted by Crippen LogP contribution is 2.21. The van der Waals surface area contributed by atoms with Gasteiger partial charge in [0.2, 0.25) is 0 Å². The van der Waals surface area contributed by atoms with Gasteiger partial charge in [-0.15, -0.1) is 11.3 Å². The van der Waals surface area contributed by atoms with Gasteiger partial charge in [-0.25, -0.2) is 13.4 Å². The monoisotopic (exact) mass is 280 g/mol. The number of hydrogen-bond donors (Lipinski definition) is 1. The highest BCUT2D eigenvalue weighted by atomic mass is 35.5. The Bertz CT molecular complexity index is 452. The van der Waals surface area contributed by atoms with Crippen LogP contribution in [0.25, 0.3) is 0 Å². The van der Waals surface area contributed by atoms with E-state index in [1.807, 2.05) is 0 Å². The maximum Gasteiger partial charge on any atom is 0.183 e. The van der Waals surface area contributed by atoms with Gasteiger partial charge in [0, 0.05) is 11.1 Å². The van der Waals surface area contributed by atoms with Crippen LogP contribution in [0.4, 0.5) is 0 Å². The van der Waals surface area contributed by atoms with E-state index < -0.39 is 9.84 Å². The van der Waals surface area contributed by atoms with Crippen LogP contribution in [-0.4, -0.2) is 32.2 Å². The third-order valence-corrected chi connectivity index (χ3v) is 5.57. The predicted octanol–water partition coefficient (Wildman–Crippen LogP) is 1.32. The minimum Gasteiger partial charge on any atom is -0.316 e. The van der Waals surface area contributed by atoms with Crippen molar-refractivity contribution in [3.05, 3.63) is 15.5 Å². The fraction of sp³-hybridized carbons (Fsp3) is 0.667. The first kappa shape index (κ1) is 12.3. The van der Waals surface area contributed by atoms with Crippen LogP contribution in [0.3, 0.4) is 0 Å². The molecule has 0 spiro atoms. The van der Waals surface area contributed by atoms with Crippen LogP contribution in [0.1, 0.15) is 11.3 Å². The molecule has 0 aromatic carbocycles. The largest absolute Gasteiger partial charge is 0.316 e. The third kappa shape index (κ3) is 3.41. The van der Waals surface area contributed by atoms with E-state index in [1.165, 1.54) is 17.5 Å². The van der Waals surface area contributed by atoms with Crippen LogP contribution in [0.15, 0.2) is 6.20 Å². The maximum absolute atomic E-state index is 11.9. The van der Waals surface area contributed by atoms with E-state index >= 15 is 0 Å². The summed E-state index contributed by atoms with van der Waals surface area (Å²) < 4.78 is 24.1. The Hall–Kier alpha value is -0.170. The molecule has 2 heterocycles. The van der Waals surface area contributed by atoms with Crippen molar-refractivity contribution in [2.45, 2.75) is 12.2 Å². The average Bonchev–Trinajstić information content (AvgIpc) is 2.76. The number of hydrogen-bond acceptors (Lipinski definition) is 5. The molecule has 16 heavy (non-hydrogen) atoms. The Labute approximate surface area is 104 Å². The zero-order chi connectivity index (χ0) is 11.6. The zero-order valence-corrected chi connectivity index (χ0v) is 11.0. The molecular formula is C9H13ClN2O2S2. The summed E-state index contributed by atoms with van der Waals surface area (Å²) >= 11 is 6.89. The lowest BCUT2D eigenvalue weighted by molar-refractivity contribution is 0.570. The molecular weight excluding hydrogens is 268 g/mol. The smallest absolute Gasteiger partial charge is 0.183 e. The van der Waals surface area contributed by atoms with Crippen molar-refractivity contribution < 1.29 is 8.42 Å². The Morgan fingerprint density at radius 3 is 3.00 bits per heavy atom. The van der Waals surface area contributed by atoms with Crippen molar-refractivity contribution in [2.24, 2.45) is 5.92 Å². The minimum atomic E-state index is -3.03. The van der Waals surface area contributed by atoms with Crippen molar-refractivity contribution >= 4 is 32.8 Å². The Balaban J connectivity index is 1.96. The van der Waals surface area contributed by atoms with Crippen molar-refractivity contribution in [1.82, 2.24) is 10.3 Å². The van der Waals surface area contributed by atoms with Crippen LogP contribution in [0, 0.1) is 5.92 Å². The summed E-state index contributed by atoms with van der Waals surface area (Å²) in [5.41, 5.74) is 0. The molecule has 0 bridgehead atoms. The van der Waals surface area contributed by atoms with E-state index in [2.05, 4.69) is 10.3 Å². The topological polar surface area (TPSA) is 59.1 Å². The minimum absolute atomic E-state index is 0.0634. The van der Waals surface area contributed by atoms with E-state index in [9.17, 15) is 8.42 Å². The highest BCUT2D eigenvalue weighted by molar-refractivity contribution is 7.90. The number of sulfone groups is 1. The van der Waals surface area contributed by atoms with Gasteiger partial charge in [0.25, 0.3) is 0 Å². The lowest BCUT2D eigenvalue weighted by Crippen LogP contribution is -2.19. The summed E-state index contributed by atoms with van der Waals surface area (Å²) in [5.74, 6) is 0.581. The normalized spacial score (nSPS) is 21.4. The summed E-state index contributed by atoms with van der Waals surface area (Å²) in [6.07, 6.45) is 2.49. The molecule has 1 N–H and O–H groups in total. The van der Waals surface area contributed by atoms with E-state index in [4.69, 9.17) is 11.6 Å². The third-order valence-electron chi connectivity index (χ3n) is 2.54. The molecule has 0 saturated carbocycles. The SMILES string of the molecule is O=S(=O)(Cc1cnc(Cl)s1)CC1CCNC1. The molecule has 90 valence electrons. The first-order chi connectivity index (χ1) is 7.55. The first-order valence-electron chi connectivity index (χ1n) is 5.06. The molecule has 1 unspecified atom stereocenters.